The fraction of sp³-hybridized carbons (Fsp3) is 0.591. The van der Waals surface area contributed by atoms with Crippen LogP contribution in [0.3, 0.4) is 0 Å². The zero-order valence-electron chi connectivity index (χ0n) is 19.0. The molecule has 0 saturated carbocycles. The summed E-state index contributed by atoms with van der Waals surface area (Å²) in [6.45, 7) is 7.92. The van der Waals surface area contributed by atoms with Crippen molar-refractivity contribution in [2.45, 2.75) is 70.4 Å². The molecule has 176 valence electrons. The molecule has 2 aromatic rings. The van der Waals surface area contributed by atoms with E-state index in [-0.39, 0.29) is 28.7 Å². The summed E-state index contributed by atoms with van der Waals surface area (Å²) in [5.74, 6) is 0.861. The monoisotopic (exact) mass is 463 g/mol. The number of sulfonamides is 1. The average Bonchev–Trinajstić information content (AvgIpc) is 3.08. The van der Waals surface area contributed by atoms with Gasteiger partial charge in [-0.05, 0) is 37.5 Å². The van der Waals surface area contributed by atoms with Gasteiger partial charge < -0.3 is 14.8 Å². The Morgan fingerprint density at radius 3 is 2.53 bits per heavy atom. The molecule has 0 aliphatic carbocycles. The molecule has 3 rings (SSSR count). The predicted octanol–water partition coefficient (Wildman–Crippen LogP) is 1.79. The number of carbonyl (C=O) groups is 2. The number of primary sulfonamides is 1. The highest BCUT2D eigenvalue weighted by Crippen LogP contribution is 2.21. The first-order valence-electron chi connectivity index (χ1n) is 11.2. The molecule has 9 nitrogen and oxygen atoms in total. The second-order valence-electron chi connectivity index (χ2n) is 8.70. The van der Waals surface area contributed by atoms with Gasteiger partial charge >= 0.3 is 0 Å². The first-order valence-corrected chi connectivity index (χ1v) is 12.7. The fourth-order valence-corrected chi connectivity index (χ4v) is 4.67. The minimum absolute atomic E-state index is 0.00967. The van der Waals surface area contributed by atoms with Crippen LogP contribution < -0.4 is 10.5 Å². The van der Waals surface area contributed by atoms with Gasteiger partial charge in [0, 0.05) is 44.4 Å². The van der Waals surface area contributed by atoms with Gasteiger partial charge in [0.15, 0.2) is 0 Å². The molecule has 1 saturated heterocycles. The molecule has 1 aromatic carbocycles. The number of fused-ring (bicyclic) bond motifs is 1. The number of amides is 2. The van der Waals surface area contributed by atoms with Crippen LogP contribution in [0.15, 0.2) is 23.1 Å². The molecule has 2 amide bonds. The standard InChI is InChI=1S/C22H33N5O4S/c1-4-11-27-19-6-5-17(32(23,30)31)14-18(19)25-20(27)7-8-21(28)24-16-9-12-26(13-10-16)22(29)15(2)3/h5-6,14-16H,4,7-13H2,1-3H3,(H,24,28)(H2,23,30,31). The number of nitrogens with zero attached hydrogens (tertiary/aromatic N) is 3. The molecule has 1 fully saturated rings. The smallest absolute Gasteiger partial charge is 0.238 e. The van der Waals surface area contributed by atoms with Gasteiger partial charge in [-0.15, -0.1) is 0 Å². The second-order valence-corrected chi connectivity index (χ2v) is 10.3. The molecule has 1 aliphatic heterocycles. The zero-order chi connectivity index (χ0) is 23.5. The lowest BCUT2D eigenvalue weighted by Gasteiger charge is -2.33. The number of aryl methyl sites for hydroxylation is 2. The highest BCUT2D eigenvalue weighted by molar-refractivity contribution is 7.89. The summed E-state index contributed by atoms with van der Waals surface area (Å²) in [6, 6.07) is 4.75. The SMILES string of the molecule is CCCn1c(CCC(=O)NC2CCN(C(=O)C(C)C)CC2)nc2cc(S(N)(=O)=O)ccc21. The van der Waals surface area contributed by atoms with Crippen LogP contribution in [-0.2, 0) is 32.6 Å². The number of imidazole rings is 1. The molecule has 10 heteroatoms. The highest BCUT2D eigenvalue weighted by Gasteiger charge is 2.25. The van der Waals surface area contributed by atoms with Gasteiger partial charge in [-0.25, -0.2) is 18.5 Å². The highest BCUT2D eigenvalue weighted by atomic mass is 32.2. The van der Waals surface area contributed by atoms with E-state index in [1.54, 1.807) is 6.07 Å². The third kappa shape index (κ3) is 5.66. The Labute approximate surface area is 189 Å². The van der Waals surface area contributed by atoms with Crippen LogP contribution in [0.5, 0.6) is 0 Å². The van der Waals surface area contributed by atoms with Crippen molar-refractivity contribution in [2.75, 3.05) is 13.1 Å². The number of benzene rings is 1. The molecule has 1 aromatic heterocycles. The first-order chi connectivity index (χ1) is 15.1. The predicted molar refractivity (Wildman–Crippen MR) is 122 cm³/mol. The molecule has 2 heterocycles. The van der Waals surface area contributed by atoms with Crippen LogP contribution >= 0.6 is 0 Å². The minimum atomic E-state index is -3.80. The van der Waals surface area contributed by atoms with Crippen molar-refractivity contribution in [1.29, 1.82) is 0 Å². The number of aromatic nitrogens is 2. The van der Waals surface area contributed by atoms with E-state index < -0.39 is 10.0 Å². The number of hydrogen-bond acceptors (Lipinski definition) is 5. The Balaban J connectivity index is 1.62. The van der Waals surface area contributed by atoms with E-state index in [0.717, 1.165) is 37.1 Å². The van der Waals surface area contributed by atoms with E-state index in [2.05, 4.69) is 17.2 Å². The quantitative estimate of drug-likeness (QED) is 0.617. The average molecular weight is 464 g/mol. The van der Waals surface area contributed by atoms with Crippen LogP contribution in [0.4, 0.5) is 0 Å². The lowest BCUT2D eigenvalue weighted by Crippen LogP contribution is -2.47. The Morgan fingerprint density at radius 1 is 1.25 bits per heavy atom. The van der Waals surface area contributed by atoms with E-state index in [1.165, 1.54) is 12.1 Å². The van der Waals surface area contributed by atoms with Gasteiger partial charge in [0.1, 0.15) is 5.82 Å². The second kappa shape index (κ2) is 9.99. The fourth-order valence-electron chi connectivity index (χ4n) is 4.13. The maximum atomic E-state index is 12.6. The minimum Gasteiger partial charge on any atom is -0.353 e. The van der Waals surface area contributed by atoms with E-state index in [9.17, 15) is 18.0 Å². The molecule has 0 radical (unpaired) electrons. The summed E-state index contributed by atoms with van der Waals surface area (Å²) in [4.78, 5) is 31.1. The van der Waals surface area contributed by atoms with E-state index in [4.69, 9.17) is 5.14 Å². The molecule has 32 heavy (non-hydrogen) atoms. The molecular weight excluding hydrogens is 430 g/mol. The third-order valence-corrected chi connectivity index (χ3v) is 6.73. The van der Waals surface area contributed by atoms with Gasteiger partial charge in [0.2, 0.25) is 21.8 Å². The number of piperidine rings is 1. The summed E-state index contributed by atoms with van der Waals surface area (Å²) in [5.41, 5.74) is 1.39. The molecular formula is C22H33N5O4S. The maximum absolute atomic E-state index is 12.6. The molecule has 0 atom stereocenters. The van der Waals surface area contributed by atoms with Crippen molar-refractivity contribution in [3.63, 3.8) is 0 Å². The summed E-state index contributed by atoms with van der Waals surface area (Å²) in [5, 5.41) is 8.32. The van der Waals surface area contributed by atoms with Crippen LogP contribution in [0.25, 0.3) is 11.0 Å². The van der Waals surface area contributed by atoms with E-state index in [1.807, 2.05) is 23.3 Å². The van der Waals surface area contributed by atoms with Gasteiger partial charge in [-0.1, -0.05) is 20.8 Å². The molecule has 0 unspecified atom stereocenters. The van der Waals surface area contributed by atoms with Crippen molar-refractivity contribution in [3.05, 3.63) is 24.0 Å². The number of rotatable bonds is 8. The lowest BCUT2D eigenvalue weighted by molar-refractivity contribution is -0.135. The van der Waals surface area contributed by atoms with E-state index in [0.29, 0.717) is 31.4 Å². The van der Waals surface area contributed by atoms with Gasteiger partial charge in [-0.2, -0.15) is 0 Å². The Bertz CT molecular complexity index is 1090. The molecule has 0 spiro atoms. The Morgan fingerprint density at radius 2 is 1.94 bits per heavy atom. The number of hydrogen-bond donors (Lipinski definition) is 2. The summed E-state index contributed by atoms with van der Waals surface area (Å²) < 4.78 is 25.3. The maximum Gasteiger partial charge on any atom is 0.238 e. The number of nitrogens with two attached hydrogens (primary N) is 1. The largest absolute Gasteiger partial charge is 0.353 e. The van der Waals surface area contributed by atoms with Crippen LogP contribution in [0.2, 0.25) is 0 Å². The Hall–Kier alpha value is -2.46. The zero-order valence-corrected chi connectivity index (χ0v) is 19.8. The van der Waals surface area contributed by atoms with E-state index >= 15 is 0 Å². The van der Waals surface area contributed by atoms with Crippen LogP contribution in [0.1, 0.15) is 52.3 Å². The lowest BCUT2D eigenvalue weighted by atomic mass is 10.0. The van der Waals surface area contributed by atoms with Crippen molar-refractivity contribution >= 4 is 32.9 Å². The molecule has 3 N–H and O–H groups in total. The number of carbonyl (C=O) groups excluding carboxylic acids is 2. The molecule has 0 bridgehead atoms. The summed E-state index contributed by atoms with van der Waals surface area (Å²) in [7, 11) is -3.80. The normalized spacial score (nSPS) is 15.5. The van der Waals surface area contributed by atoms with Crippen molar-refractivity contribution in [3.8, 4) is 0 Å². The topological polar surface area (TPSA) is 127 Å². The van der Waals surface area contributed by atoms with Crippen molar-refractivity contribution in [1.82, 2.24) is 19.8 Å². The number of likely N-dealkylation sites (tertiary alicyclic amines) is 1. The summed E-state index contributed by atoms with van der Waals surface area (Å²) >= 11 is 0. The van der Waals surface area contributed by atoms with Crippen LogP contribution in [-0.4, -0.2) is 53.8 Å². The van der Waals surface area contributed by atoms with Gasteiger partial charge in [0.05, 0.1) is 15.9 Å². The summed E-state index contributed by atoms with van der Waals surface area (Å²) in [6.07, 6.45) is 3.15. The van der Waals surface area contributed by atoms with Gasteiger partial charge in [-0.3, -0.25) is 9.59 Å². The Kier molecular flexibility index (Phi) is 7.55. The van der Waals surface area contributed by atoms with Crippen molar-refractivity contribution in [2.24, 2.45) is 11.1 Å². The van der Waals surface area contributed by atoms with Gasteiger partial charge in [0.25, 0.3) is 0 Å². The number of nitrogens with one attached hydrogen (secondary N) is 1. The van der Waals surface area contributed by atoms with Crippen LogP contribution in [0, 0.1) is 5.92 Å². The van der Waals surface area contributed by atoms with Crippen molar-refractivity contribution < 1.29 is 18.0 Å². The first kappa shape index (κ1) is 24.2. The third-order valence-electron chi connectivity index (χ3n) is 5.82. The molecule has 1 aliphatic rings.